The van der Waals surface area contributed by atoms with Gasteiger partial charge in [0.15, 0.2) is 0 Å². The van der Waals surface area contributed by atoms with Crippen LogP contribution in [0.3, 0.4) is 0 Å². The monoisotopic (exact) mass is 424 g/mol. The molecule has 7 heteroatoms. The van der Waals surface area contributed by atoms with Crippen LogP contribution < -0.4 is 20.8 Å². The second-order valence-electron chi connectivity index (χ2n) is 5.53. The molecular weight excluding hydrogens is 408 g/mol. The average molecular weight is 426 g/mol. The quantitative estimate of drug-likeness (QED) is 0.624. The Hall–Kier alpha value is -1.44. The fraction of sp³-hybridized carbons (Fsp3) is 0.278. The first-order chi connectivity index (χ1) is 11.9. The van der Waals surface area contributed by atoms with Crippen LogP contribution in [0, 0.1) is 0 Å². The highest BCUT2D eigenvalue weighted by Crippen LogP contribution is 2.14. The maximum absolute atomic E-state index is 12.0. The maximum Gasteiger partial charge on any atom is 0.221 e. The summed E-state index contributed by atoms with van der Waals surface area (Å²) < 4.78 is 0.784. The third-order valence-corrected chi connectivity index (χ3v) is 4.36. The van der Waals surface area contributed by atoms with Crippen LogP contribution in [0.5, 0.6) is 0 Å². The third-order valence-electron chi connectivity index (χ3n) is 3.58. The lowest BCUT2D eigenvalue weighted by molar-refractivity contribution is -0.744. The van der Waals surface area contributed by atoms with Crippen molar-refractivity contribution in [3.63, 3.8) is 0 Å². The van der Waals surface area contributed by atoms with Crippen LogP contribution >= 0.6 is 27.5 Å². The molecule has 0 aliphatic rings. The van der Waals surface area contributed by atoms with Crippen molar-refractivity contribution in [2.24, 2.45) is 0 Å². The molecule has 2 rings (SSSR count). The summed E-state index contributed by atoms with van der Waals surface area (Å²) in [4.78, 5) is 11.8. The zero-order valence-corrected chi connectivity index (χ0v) is 15.8. The fourth-order valence-corrected chi connectivity index (χ4v) is 2.59. The molecule has 0 aliphatic heterocycles. The van der Waals surface area contributed by atoms with Crippen LogP contribution in [0.15, 0.2) is 53.0 Å². The number of halogens is 2. The molecule has 0 aromatic heterocycles. The van der Waals surface area contributed by atoms with Crippen molar-refractivity contribution in [3.05, 3.63) is 69.2 Å². The SMILES string of the molecule is O=C(CCNC([O-])([O-])c1ccc(Br)cc1)NCCc1ccc(Cl)cc1. The molecule has 0 aliphatic carbocycles. The van der Waals surface area contributed by atoms with E-state index in [4.69, 9.17) is 11.6 Å². The van der Waals surface area contributed by atoms with E-state index >= 15 is 0 Å². The number of nitrogens with one attached hydrogen (secondary N) is 2. The van der Waals surface area contributed by atoms with E-state index in [0.717, 1.165) is 10.0 Å². The molecule has 0 radical (unpaired) electrons. The van der Waals surface area contributed by atoms with E-state index in [9.17, 15) is 15.0 Å². The number of hydrogen-bond acceptors (Lipinski definition) is 4. The fourth-order valence-electron chi connectivity index (χ4n) is 2.20. The molecule has 0 unspecified atom stereocenters. The summed E-state index contributed by atoms with van der Waals surface area (Å²) in [5.74, 6) is -2.89. The molecule has 2 aromatic carbocycles. The summed E-state index contributed by atoms with van der Waals surface area (Å²) in [6.07, 6.45) is 0.742. The second-order valence-corrected chi connectivity index (χ2v) is 6.88. The maximum atomic E-state index is 12.0. The van der Waals surface area contributed by atoms with Gasteiger partial charge in [-0.2, -0.15) is 0 Å². The third kappa shape index (κ3) is 6.76. The number of benzene rings is 2. The molecular formula is C18H18BrClN2O3-2. The van der Waals surface area contributed by atoms with Gasteiger partial charge in [0.25, 0.3) is 0 Å². The number of rotatable bonds is 8. The summed E-state index contributed by atoms with van der Waals surface area (Å²) in [5.41, 5.74) is 1.15. The van der Waals surface area contributed by atoms with Crippen LogP contribution in [0.25, 0.3) is 0 Å². The summed E-state index contributed by atoms with van der Waals surface area (Å²) in [7, 11) is 0. The van der Waals surface area contributed by atoms with Crippen LogP contribution in [-0.4, -0.2) is 19.0 Å². The van der Waals surface area contributed by atoms with E-state index in [1.54, 1.807) is 24.3 Å². The van der Waals surface area contributed by atoms with Gasteiger partial charge in [-0.1, -0.05) is 57.4 Å². The molecule has 0 heterocycles. The molecule has 0 fully saturated rings. The molecule has 0 spiro atoms. The molecule has 134 valence electrons. The highest BCUT2D eigenvalue weighted by molar-refractivity contribution is 9.10. The van der Waals surface area contributed by atoms with Gasteiger partial charge in [0.1, 0.15) is 0 Å². The summed E-state index contributed by atoms with van der Waals surface area (Å²) in [5, 5.41) is 29.8. The van der Waals surface area contributed by atoms with Crippen molar-refractivity contribution in [2.45, 2.75) is 18.8 Å². The van der Waals surface area contributed by atoms with Crippen molar-refractivity contribution in [3.8, 4) is 0 Å². The Morgan fingerprint density at radius 1 is 1.04 bits per heavy atom. The highest BCUT2D eigenvalue weighted by atomic mass is 79.9. The lowest BCUT2D eigenvalue weighted by Crippen LogP contribution is -2.63. The van der Waals surface area contributed by atoms with Crippen LogP contribution in [0.1, 0.15) is 17.5 Å². The smallest absolute Gasteiger partial charge is 0.221 e. The molecule has 2 N–H and O–H groups in total. The predicted octanol–water partition coefficient (Wildman–Crippen LogP) is 1.27. The standard InChI is InChI=1S/C18H18BrClN2O3/c19-15-5-3-14(4-6-15)18(24,25)22-12-10-17(23)21-11-9-13-1-7-16(20)8-2-13/h1-8,22H,9-12H2,(H,21,23)/q-2. The molecule has 0 bridgehead atoms. The molecule has 2 aromatic rings. The van der Waals surface area contributed by atoms with Gasteiger partial charge in [0.05, 0.1) is 0 Å². The Morgan fingerprint density at radius 3 is 2.32 bits per heavy atom. The summed E-state index contributed by atoms with van der Waals surface area (Å²) >= 11 is 9.06. The minimum atomic E-state index is -2.68. The van der Waals surface area contributed by atoms with Crippen molar-refractivity contribution in [1.29, 1.82) is 0 Å². The topological polar surface area (TPSA) is 87.2 Å². The van der Waals surface area contributed by atoms with Gasteiger partial charge in [0, 0.05) is 29.0 Å². The Bertz CT molecular complexity index is 690. The van der Waals surface area contributed by atoms with Crippen molar-refractivity contribution < 1.29 is 15.0 Å². The van der Waals surface area contributed by atoms with E-state index < -0.39 is 5.91 Å². The molecule has 0 saturated carbocycles. The van der Waals surface area contributed by atoms with Gasteiger partial charge < -0.3 is 20.8 Å². The first-order valence-electron chi connectivity index (χ1n) is 7.80. The molecule has 0 saturated heterocycles. The van der Waals surface area contributed by atoms with Crippen molar-refractivity contribution >= 4 is 33.4 Å². The predicted molar refractivity (Wildman–Crippen MR) is 96.6 cm³/mol. The molecule has 5 nitrogen and oxygen atoms in total. The summed E-state index contributed by atoms with van der Waals surface area (Å²) in [6.45, 7) is 0.489. The van der Waals surface area contributed by atoms with Crippen LogP contribution in [-0.2, 0) is 17.1 Å². The van der Waals surface area contributed by atoms with Crippen molar-refractivity contribution in [2.75, 3.05) is 13.1 Å². The van der Waals surface area contributed by atoms with Gasteiger partial charge in [-0.05, 0) is 36.2 Å². The second kappa shape index (κ2) is 9.31. The summed E-state index contributed by atoms with van der Waals surface area (Å²) in [6, 6.07) is 13.6. The van der Waals surface area contributed by atoms with E-state index in [2.05, 4.69) is 26.6 Å². The lowest BCUT2D eigenvalue weighted by atomic mass is 10.1. The minimum Gasteiger partial charge on any atom is -0.848 e. The van der Waals surface area contributed by atoms with Crippen LogP contribution in [0.4, 0.5) is 0 Å². The molecule has 1 amide bonds. The highest BCUT2D eigenvalue weighted by Gasteiger charge is 2.07. The largest absolute Gasteiger partial charge is 0.848 e. The van der Waals surface area contributed by atoms with E-state index in [-0.39, 0.29) is 24.4 Å². The Labute approximate surface area is 160 Å². The Morgan fingerprint density at radius 2 is 1.68 bits per heavy atom. The number of amides is 1. The van der Waals surface area contributed by atoms with Gasteiger partial charge in [-0.15, -0.1) is 5.91 Å². The number of carbonyl (C=O) groups is 1. The van der Waals surface area contributed by atoms with Crippen molar-refractivity contribution in [1.82, 2.24) is 10.6 Å². The molecule has 0 atom stereocenters. The van der Waals surface area contributed by atoms with E-state index in [0.29, 0.717) is 18.0 Å². The Kier molecular flexibility index (Phi) is 7.40. The first-order valence-corrected chi connectivity index (χ1v) is 8.97. The first kappa shape index (κ1) is 19.9. The zero-order valence-electron chi connectivity index (χ0n) is 13.4. The number of hydrogen-bond donors (Lipinski definition) is 2. The number of carbonyl (C=O) groups excluding carboxylic acids is 1. The average Bonchev–Trinajstić information content (AvgIpc) is 2.57. The van der Waals surface area contributed by atoms with E-state index in [1.807, 2.05) is 12.1 Å². The Balaban J connectivity index is 1.69. The van der Waals surface area contributed by atoms with Crippen LogP contribution in [0.2, 0.25) is 5.02 Å². The lowest BCUT2D eigenvalue weighted by Gasteiger charge is -2.50. The van der Waals surface area contributed by atoms with Gasteiger partial charge in [0.2, 0.25) is 5.91 Å². The van der Waals surface area contributed by atoms with Gasteiger partial charge in [-0.25, -0.2) is 0 Å². The van der Waals surface area contributed by atoms with Gasteiger partial charge >= 0.3 is 0 Å². The molecule has 25 heavy (non-hydrogen) atoms. The minimum absolute atomic E-state index is 0.00976. The normalized spacial score (nSPS) is 11.4. The zero-order chi connectivity index (χ0) is 18.3. The van der Waals surface area contributed by atoms with Gasteiger partial charge in [-0.3, -0.25) is 4.79 Å². The van der Waals surface area contributed by atoms with E-state index in [1.165, 1.54) is 12.1 Å².